The summed E-state index contributed by atoms with van der Waals surface area (Å²) < 4.78 is 40.3. The summed E-state index contributed by atoms with van der Waals surface area (Å²) in [6.07, 6.45) is -1.71. The SMILES string of the molecule is CSC(C)(C)CC(C)(C)c1[c-]cc(OC(F)(F)F)cc1.[CH3-].[CH3-].[Sc+3]. The zero-order chi connectivity index (χ0) is 15.6. The first-order chi connectivity index (χ1) is 8.95. The zero-order valence-electron chi connectivity index (χ0n) is 15.0. The van der Waals surface area contributed by atoms with Gasteiger partial charge in [-0.2, -0.15) is 29.5 Å². The monoisotopic (exact) mass is 380 g/mol. The Morgan fingerprint density at radius 2 is 1.61 bits per heavy atom. The molecule has 0 N–H and O–H groups in total. The Balaban J connectivity index is -0.00000133. The summed E-state index contributed by atoms with van der Waals surface area (Å²) in [5.41, 5.74) is 0.720. The van der Waals surface area contributed by atoms with E-state index in [4.69, 9.17) is 0 Å². The average Bonchev–Trinajstić information content (AvgIpc) is 2.26. The van der Waals surface area contributed by atoms with Crippen molar-refractivity contribution in [2.75, 3.05) is 6.26 Å². The summed E-state index contributed by atoms with van der Waals surface area (Å²) in [5, 5.41) is 0. The van der Waals surface area contributed by atoms with Crippen LogP contribution in [0, 0.1) is 20.9 Å². The van der Waals surface area contributed by atoms with E-state index >= 15 is 0 Å². The molecule has 0 aliphatic rings. The first-order valence-corrected chi connectivity index (χ1v) is 7.51. The average molecular weight is 380 g/mol. The first kappa shape index (κ1) is 27.9. The van der Waals surface area contributed by atoms with Crippen LogP contribution in [0.3, 0.4) is 0 Å². The van der Waals surface area contributed by atoms with E-state index < -0.39 is 6.36 Å². The minimum atomic E-state index is -4.66. The second-order valence-electron chi connectivity index (χ2n) is 6.01. The van der Waals surface area contributed by atoms with Crippen LogP contribution in [0.25, 0.3) is 0 Å². The molecule has 0 amide bonds. The number of rotatable bonds is 5. The fourth-order valence-electron chi connectivity index (χ4n) is 2.26. The molecule has 0 heterocycles. The van der Waals surface area contributed by atoms with E-state index in [1.54, 1.807) is 17.8 Å². The third-order valence-electron chi connectivity index (χ3n) is 3.17. The van der Waals surface area contributed by atoms with Crippen LogP contribution in [0.5, 0.6) is 5.75 Å². The standard InChI is InChI=1S/C15H20F3OS.2CH3.Sc/c1-13(2,10-14(3,4)20-5)11-6-8-12(9-7-11)19-15(16,17)18;;;/h6,8-9H,10H2,1-5H3;2*1H3;/q3*-1;+3. The largest absolute Gasteiger partial charge is 3.00 e. The molecule has 0 unspecified atom stereocenters. The van der Waals surface area contributed by atoms with Gasteiger partial charge >= 0.3 is 32.2 Å². The zero-order valence-corrected chi connectivity index (χ0v) is 17.6. The van der Waals surface area contributed by atoms with Gasteiger partial charge < -0.3 is 19.6 Å². The maximum absolute atomic E-state index is 12.1. The van der Waals surface area contributed by atoms with Gasteiger partial charge in [0.2, 0.25) is 0 Å². The number of ether oxygens (including phenoxy) is 1. The molecule has 1 aromatic carbocycles. The molecule has 23 heavy (non-hydrogen) atoms. The molecule has 0 bridgehead atoms. The molecular weight excluding hydrogens is 354 g/mol. The fourth-order valence-corrected chi connectivity index (χ4v) is 2.77. The van der Waals surface area contributed by atoms with Crippen LogP contribution in [-0.2, 0) is 31.3 Å². The third-order valence-corrected chi connectivity index (χ3v) is 4.42. The van der Waals surface area contributed by atoms with Gasteiger partial charge in [0.15, 0.2) is 0 Å². The first-order valence-electron chi connectivity index (χ1n) is 6.28. The van der Waals surface area contributed by atoms with Crippen molar-refractivity contribution >= 4 is 11.8 Å². The number of halogens is 3. The number of benzene rings is 1. The Labute approximate surface area is 162 Å². The molecular formula is C17H26F3OSSc. The molecule has 6 heteroatoms. The molecule has 1 aromatic rings. The molecule has 1 nitrogen and oxygen atoms in total. The number of hydrogen-bond acceptors (Lipinski definition) is 2. The van der Waals surface area contributed by atoms with E-state index in [-0.39, 0.29) is 56.6 Å². The minimum absolute atomic E-state index is 0. The Morgan fingerprint density at radius 3 is 1.96 bits per heavy atom. The van der Waals surface area contributed by atoms with Crippen LogP contribution < -0.4 is 4.74 Å². The van der Waals surface area contributed by atoms with Gasteiger partial charge in [-0.05, 0) is 18.1 Å². The smallest absolute Gasteiger partial charge is 0.470 e. The molecule has 0 saturated carbocycles. The summed E-state index contributed by atoms with van der Waals surface area (Å²) in [5.74, 6) is -0.235. The second kappa shape index (κ2) is 10.1. The van der Waals surface area contributed by atoms with Crippen molar-refractivity contribution in [3.8, 4) is 5.75 Å². The van der Waals surface area contributed by atoms with Gasteiger partial charge in [-0.3, -0.25) is 0 Å². The minimum Gasteiger partial charge on any atom is -0.470 e. The fraction of sp³-hybridized carbons (Fsp3) is 0.529. The predicted molar refractivity (Wildman–Crippen MR) is 90.0 cm³/mol. The van der Waals surface area contributed by atoms with Gasteiger partial charge in [0.05, 0.1) is 0 Å². The van der Waals surface area contributed by atoms with Crippen LogP contribution in [0.1, 0.15) is 39.7 Å². The molecule has 0 atom stereocenters. The van der Waals surface area contributed by atoms with E-state index in [1.165, 1.54) is 12.1 Å². The van der Waals surface area contributed by atoms with Gasteiger partial charge in [-0.1, -0.05) is 27.7 Å². The Hall–Kier alpha value is 0.0301. The van der Waals surface area contributed by atoms with Crippen molar-refractivity contribution in [1.29, 1.82) is 0 Å². The molecule has 0 saturated heterocycles. The molecule has 0 spiro atoms. The summed E-state index contributed by atoms with van der Waals surface area (Å²) >= 11 is 1.77. The van der Waals surface area contributed by atoms with Gasteiger partial charge in [0, 0.05) is 10.5 Å². The molecule has 1 rings (SSSR count). The van der Waals surface area contributed by atoms with E-state index in [0.29, 0.717) is 0 Å². The third kappa shape index (κ3) is 9.80. The van der Waals surface area contributed by atoms with Crippen molar-refractivity contribution in [3.63, 3.8) is 0 Å². The molecule has 0 aliphatic carbocycles. The number of alkyl halides is 3. The molecule has 0 aliphatic heterocycles. The van der Waals surface area contributed by atoms with Gasteiger partial charge in [0.25, 0.3) is 0 Å². The number of thioether (sulfide) groups is 1. The van der Waals surface area contributed by atoms with Crippen LogP contribution in [0.15, 0.2) is 18.2 Å². The summed E-state index contributed by atoms with van der Waals surface area (Å²) in [7, 11) is 0. The molecule has 0 aromatic heterocycles. The quantitative estimate of drug-likeness (QED) is 0.572. The normalized spacial score (nSPS) is 11.7. The Bertz CT molecular complexity index is 442. The summed E-state index contributed by atoms with van der Waals surface area (Å²) in [6, 6.07) is 7.15. The van der Waals surface area contributed by atoms with Gasteiger partial charge in [0.1, 0.15) is 0 Å². The topological polar surface area (TPSA) is 9.23 Å². The van der Waals surface area contributed by atoms with E-state index in [2.05, 4.69) is 44.8 Å². The van der Waals surface area contributed by atoms with E-state index in [1.807, 2.05) is 0 Å². The van der Waals surface area contributed by atoms with Crippen LogP contribution >= 0.6 is 11.8 Å². The van der Waals surface area contributed by atoms with Crippen molar-refractivity contribution in [1.82, 2.24) is 0 Å². The molecule has 130 valence electrons. The van der Waals surface area contributed by atoms with Gasteiger partial charge in [-0.15, -0.1) is 25.3 Å². The number of hydrogen-bond donors (Lipinski definition) is 0. The van der Waals surface area contributed by atoms with Crippen molar-refractivity contribution in [3.05, 3.63) is 44.7 Å². The van der Waals surface area contributed by atoms with Crippen LogP contribution in [0.4, 0.5) is 13.2 Å². The van der Waals surface area contributed by atoms with E-state index in [9.17, 15) is 13.2 Å². The van der Waals surface area contributed by atoms with Crippen LogP contribution in [-0.4, -0.2) is 17.4 Å². The van der Waals surface area contributed by atoms with Crippen molar-refractivity contribution in [2.45, 2.75) is 50.6 Å². The molecule has 0 radical (unpaired) electrons. The maximum atomic E-state index is 12.1. The van der Waals surface area contributed by atoms with E-state index in [0.717, 1.165) is 12.0 Å². The van der Waals surface area contributed by atoms with Crippen molar-refractivity contribution < 1.29 is 43.8 Å². The van der Waals surface area contributed by atoms with Crippen LogP contribution in [0.2, 0.25) is 0 Å². The molecule has 0 fully saturated rings. The summed E-state index contributed by atoms with van der Waals surface area (Å²) in [4.78, 5) is 0. The Morgan fingerprint density at radius 1 is 1.09 bits per heavy atom. The second-order valence-corrected chi connectivity index (χ2v) is 7.52. The Kier molecular flexibility index (Phi) is 12.3. The summed E-state index contributed by atoms with van der Waals surface area (Å²) in [6.45, 7) is 8.45. The maximum Gasteiger partial charge on any atom is 3.00 e. The van der Waals surface area contributed by atoms with Gasteiger partial charge in [-0.25, -0.2) is 0 Å². The predicted octanol–water partition coefficient (Wildman–Crippen LogP) is 6.09. The van der Waals surface area contributed by atoms with Crippen molar-refractivity contribution in [2.24, 2.45) is 0 Å².